The first kappa shape index (κ1) is 13.4. The van der Waals surface area contributed by atoms with Gasteiger partial charge in [-0.25, -0.2) is 0 Å². The molecule has 0 heterocycles. The van der Waals surface area contributed by atoms with Crippen LogP contribution in [0.5, 0.6) is 5.75 Å². The topological polar surface area (TPSA) is 63.6 Å². The predicted molar refractivity (Wildman–Crippen MR) is 54.5 cm³/mol. The molecule has 0 radical (unpaired) electrons. The fourth-order valence-electron chi connectivity index (χ4n) is 1.08. The zero-order chi connectivity index (χ0) is 13.1. The van der Waals surface area contributed by atoms with Gasteiger partial charge >= 0.3 is 11.5 Å². The monoisotopic (exact) mass is 264 g/mol. The van der Waals surface area contributed by atoms with E-state index in [4.69, 9.17) is 5.11 Å². The lowest BCUT2D eigenvalue weighted by Gasteiger charge is -2.10. The average Bonchev–Trinajstić information content (AvgIpc) is 2.15. The average molecular weight is 265 g/mol. The molecule has 0 fully saturated rings. The Morgan fingerprint density at radius 1 is 1.29 bits per heavy atom. The number of hydrogen-bond donors (Lipinski definition) is 1. The van der Waals surface area contributed by atoms with E-state index in [2.05, 4.69) is 16.3 Å². The summed E-state index contributed by atoms with van der Waals surface area (Å²) in [5.74, 6) is -2.11. The summed E-state index contributed by atoms with van der Waals surface area (Å²) in [5, 5.41) is 8.39. The minimum Gasteiger partial charge on any atom is -0.481 e. The van der Waals surface area contributed by atoms with Crippen molar-refractivity contribution in [1.82, 2.24) is 0 Å². The van der Waals surface area contributed by atoms with E-state index in [9.17, 15) is 18.4 Å². The molecule has 0 unspecified atom stereocenters. The number of carbonyl (C=O) groups is 2. The van der Waals surface area contributed by atoms with Crippen LogP contribution >= 0.6 is 11.6 Å². The standard InChI is InChI=1S/C10H7ClF2O4/c11-10(12,13)17-7-3-1-6(2-4-7)8(14)5-9(15)16/h1-4H,5H2,(H,15,16). The normalized spacial score (nSPS) is 11.0. The van der Waals surface area contributed by atoms with Gasteiger partial charge in [0.15, 0.2) is 5.78 Å². The van der Waals surface area contributed by atoms with Crippen LogP contribution in [-0.2, 0) is 4.79 Å². The molecule has 1 aromatic rings. The molecule has 0 aliphatic heterocycles. The summed E-state index contributed by atoms with van der Waals surface area (Å²) in [7, 11) is 0. The maximum atomic E-state index is 12.2. The second-order valence-corrected chi connectivity index (χ2v) is 3.51. The number of rotatable bonds is 5. The Bertz CT molecular complexity index is 425. The van der Waals surface area contributed by atoms with Crippen LogP contribution < -0.4 is 4.74 Å². The molecule has 0 atom stereocenters. The third kappa shape index (κ3) is 4.78. The van der Waals surface area contributed by atoms with Crippen molar-refractivity contribution in [1.29, 1.82) is 0 Å². The number of halogens is 3. The van der Waals surface area contributed by atoms with Crippen molar-refractivity contribution < 1.29 is 28.2 Å². The van der Waals surface area contributed by atoms with Gasteiger partial charge in [-0.3, -0.25) is 9.59 Å². The Balaban J connectivity index is 2.74. The van der Waals surface area contributed by atoms with Crippen LogP contribution in [0.2, 0.25) is 0 Å². The molecule has 0 aliphatic carbocycles. The lowest BCUT2D eigenvalue weighted by molar-refractivity contribution is -0.135. The maximum absolute atomic E-state index is 12.2. The van der Waals surface area contributed by atoms with E-state index >= 15 is 0 Å². The van der Waals surface area contributed by atoms with Gasteiger partial charge in [0.25, 0.3) is 0 Å². The molecule has 0 aliphatic rings. The second kappa shape index (κ2) is 5.09. The van der Waals surface area contributed by atoms with Gasteiger partial charge in [0.1, 0.15) is 12.2 Å². The fraction of sp³-hybridized carbons (Fsp3) is 0.200. The number of ketones is 1. The number of carboxylic acids is 1. The Morgan fingerprint density at radius 3 is 2.24 bits per heavy atom. The molecule has 7 heteroatoms. The highest BCUT2D eigenvalue weighted by molar-refractivity contribution is 6.20. The first-order valence-electron chi connectivity index (χ1n) is 4.39. The Kier molecular flexibility index (Phi) is 4.01. The molecule has 4 nitrogen and oxygen atoms in total. The molecule has 0 spiro atoms. The molecular formula is C10H7ClF2O4. The van der Waals surface area contributed by atoms with Gasteiger partial charge in [0, 0.05) is 17.2 Å². The third-order valence-electron chi connectivity index (χ3n) is 1.72. The summed E-state index contributed by atoms with van der Waals surface area (Å²) in [6.07, 6.45) is -0.661. The number of alkyl halides is 3. The van der Waals surface area contributed by atoms with Gasteiger partial charge in [-0.05, 0) is 24.3 Å². The molecular weight excluding hydrogens is 258 g/mol. The number of hydrogen-bond acceptors (Lipinski definition) is 3. The highest BCUT2D eigenvalue weighted by atomic mass is 35.5. The van der Waals surface area contributed by atoms with E-state index < -0.39 is 23.7 Å². The molecule has 0 saturated heterocycles. The Labute approximate surface area is 99.8 Å². The second-order valence-electron chi connectivity index (χ2n) is 3.07. The molecule has 1 rings (SSSR count). The zero-order valence-corrected chi connectivity index (χ0v) is 9.08. The van der Waals surface area contributed by atoms with Crippen molar-refractivity contribution in [3.63, 3.8) is 0 Å². The summed E-state index contributed by atoms with van der Waals surface area (Å²) in [6, 6.07) is 4.57. The molecule has 92 valence electrons. The van der Waals surface area contributed by atoms with Crippen LogP contribution in [0.1, 0.15) is 16.8 Å². The molecule has 0 bridgehead atoms. The van der Waals surface area contributed by atoms with E-state index in [1.807, 2.05) is 0 Å². The van der Waals surface area contributed by atoms with Crippen molar-refractivity contribution in [2.45, 2.75) is 12.0 Å². The van der Waals surface area contributed by atoms with Crippen LogP contribution in [0.4, 0.5) is 8.78 Å². The third-order valence-corrected chi connectivity index (χ3v) is 1.80. The van der Waals surface area contributed by atoms with Crippen LogP contribution in [0.15, 0.2) is 24.3 Å². The smallest absolute Gasteiger partial charge is 0.481 e. The van der Waals surface area contributed by atoms with Crippen molar-refractivity contribution in [3.05, 3.63) is 29.8 Å². The van der Waals surface area contributed by atoms with E-state index in [-0.39, 0.29) is 11.3 Å². The first-order valence-corrected chi connectivity index (χ1v) is 4.76. The van der Waals surface area contributed by atoms with Crippen molar-refractivity contribution in [3.8, 4) is 5.75 Å². The fourth-order valence-corrected chi connectivity index (χ4v) is 1.17. The quantitative estimate of drug-likeness (QED) is 0.504. The summed E-state index contributed by atoms with van der Waals surface area (Å²) < 4.78 is 28.5. The number of benzene rings is 1. The molecule has 1 aromatic carbocycles. The van der Waals surface area contributed by atoms with Crippen molar-refractivity contribution in [2.24, 2.45) is 0 Å². The lowest BCUT2D eigenvalue weighted by Crippen LogP contribution is -2.15. The van der Waals surface area contributed by atoms with Gasteiger partial charge in [0.2, 0.25) is 0 Å². The number of carboxylic acid groups (broad SMARTS) is 1. The SMILES string of the molecule is O=C(O)CC(=O)c1ccc(OC(F)(F)Cl)cc1. The van der Waals surface area contributed by atoms with Gasteiger partial charge in [-0.2, -0.15) is 0 Å². The largest absolute Gasteiger partial charge is 0.487 e. The summed E-state index contributed by atoms with van der Waals surface area (Å²) >= 11 is 4.54. The molecule has 17 heavy (non-hydrogen) atoms. The van der Waals surface area contributed by atoms with Gasteiger partial charge in [-0.1, -0.05) is 0 Å². The molecule has 1 N–H and O–H groups in total. The van der Waals surface area contributed by atoms with Crippen LogP contribution in [0.25, 0.3) is 0 Å². The highest BCUT2D eigenvalue weighted by Crippen LogP contribution is 2.25. The van der Waals surface area contributed by atoms with Gasteiger partial charge < -0.3 is 9.84 Å². The predicted octanol–water partition coefficient (Wildman–Crippen LogP) is 2.51. The Hall–Kier alpha value is -1.69. The van der Waals surface area contributed by atoms with Gasteiger partial charge in [0.05, 0.1) is 0 Å². The van der Waals surface area contributed by atoms with Crippen molar-refractivity contribution >= 4 is 23.4 Å². The minimum absolute atomic E-state index is 0.0950. The van der Waals surface area contributed by atoms with Crippen LogP contribution in [0, 0.1) is 0 Å². The summed E-state index contributed by atoms with van der Waals surface area (Å²) in [5.41, 5.74) is -3.73. The summed E-state index contributed by atoms with van der Waals surface area (Å²) in [6.45, 7) is 0. The van der Waals surface area contributed by atoms with Crippen LogP contribution in [-0.4, -0.2) is 22.4 Å². The van der Waals surface area contributed by atoms with E-state index in [0.29, 0.717) is 0 Å². The number of carbonyl (C=O) groups excluding carboxylic acids is 1. The first-order chi connectivity index (χ1) is 7.78. The molecule has 0 aromatic heterocycles. The zero-order valence-electron chi connectivity index (χ0n) is 8.32. The maximum Gasteiger partial charge on any atom is 0.487 e. The van der Waals surface area contributed by atoms with E-state index in [0.717, 1.165) is 12.1 Å². The molecule has 0 amide bonds. The number of ether oxygens (including phenoxy) is 1. The van der Waals surface area contributed by atoms with Crippen molar-refractivity contribution in [2.75, 3.05) is 0 Å². The highest BCUT2D eigenvalue weighted by Gasteiger charge is 2.27. The van der Waals surface area contributed by atoms with E-state index in [1.165, 1.54) is 12.1 Å². The minimum atomic E-state index is -3.83. The van der Waals surface area contributed by atoms with Crippen LogP contribution in [0.3, 0.4) is 0 Å². The Morgan fingerprint density at radius 2 is 1.82 bits per heavy atom. The lowest BCUT2D eigenvalue weighted by atomic mass is 10.1. The number of aliphatic carboxylic acids is 1. The summed E-state index contributed by atoms with van der Waals surface area (Å²) in [4.78, 5) is 21.5. The number of Topliss-reactive ketones (excluding diaryl/α,β-unsaturated/α-hetero) is 1. The van der Waals surface area contributed by atoms with Gasteiger partial charge in [-0.15, -0.1) is 8.78 Å². The van der Waals surface area contributed by atoms with E-state index in [1.54, 1.807) is 0 Å². The molecule has 0 saturated carbocycles.